The molecule has 0 saturated carbocycles. The predicted octanol–water partition coefficient (Wildman–Crippen LogP) is 5.32. The molecule has 5 nitrogen and oxygen atoms in total. The monoisotopic (exact) mass is 433 g/mol. The summed E-state index contributed by atoms with van der Waals surface area (Å²) >= 11 is 0. The molecule has 0 N–H and O–H groups in total. The van der Waals surface area contributed by atoms with Gasteiger partial charge in [-0.15, -0.1) is 0 Å². The van der Waals surface area contributed by atoms with Crippen molar-refractivity contribution >= 4 is 6.15 Å². The molecule has 166 valence electrons. The van der Waals surface area contributed by atoms with Crippen molar-refractivity contribution in [3.63, 3.8) is 0 Å². The second-order valence-corrected chi connectivity index (χ2v) is 7.29. The summed E-state index contributed by atoms with van der Waals surface area (Å²) in [4.78, 5) is 20.3. The molecule has 0 atom stereocenters. The Morgan fingerprint density at radius 3 is 2.17 bits per heavy atom. The lowest BCUT2D eigenvalue weighted by atomic mass is 9.86. The van der Waals surface area contributed by atoms with Gasteiger partial charge < -0.3 is 0 Å². The average molecular weight is 433 g/mol. The van der Waals surface area contributed by atoms with E-state index >= 15 is 0 Å². The van der Waals surface area contributed by atoms with Crippen LogP contribution in [-0.2, 0) is 29.0 Å². The summed E-state index contributed by atoms with van der Waals surface area (Å²) < 4.78 is 68.5. The summed E-state index contributed by atoms with van der Waals surface area (Å²) in [5.74, 6) is 0. The van der Waals surface area contributed by atoms with Crippen LogP contribution >= 0.6 is 0 Å². The van der Waals surface area contributed by atoms with Gasteiger partial charge in [0.25, 0.3) is 6.43 Å². The Morgan fingerprint density at radius 1 is 1.17 bits per heavy atom. The fourth-order valence-corrected chi connectivity index (χ4v) is 3.05. The van der Waals surface area contributed by atoms with E-state index < -0.39 is 24.4 Å². The molecule has 0 radical (unpaired) electrons. The molecule has 2 heterocycles. The molecule has 10 heteroatoms. The van der Waals surface area contributed by atoms with Crippen molar-refractivity contribution in [1.29, 1.82) is 0 Å². The van der Waals surface area contributed by atoms with Gasteiger partial charge in [0.2, 0.25) is 0 Å². The van der Waals surface area contributed by atoms with E-state index in [0.717, 1.165) is 31.2 Å². The van der Waals surface area contributed by atoms with Crippen LogP contribution in [0, 0.1) is 12.3 Å². The van der Waals surface area contributed by atoms with Gasteiger partial charge in [0.1, 0.15) is 0 Å². The summed E-state index contributed by atoms with van der Waals surface area (Å²) in [5, 5.41) is 4.43. The smallest absolute Gasteiger partial charge is 0.265 e. The second kappa shape index (κ2) is 9.93. The fourth-order valence-electron chi connectivity index (χ4n) is 3.05. The molecule has 0 aliphatic heterocycles. The number of carbonyl (C=O) groups excluding carboxylic acids is 2. The maximum atomic E-state index is 13.7. The first-order valence-electron chi connectivity index (χ1n) is 9.24. The first kappa shape index (κ1) is 25.4. The Balaban J connectivity index is 0.00000141. The molecule has 0 saturated heterocycles. The van der Waals surface area contributed by atoms with Crippen molar-refractivity contribution in [1.82, 2.24) is 14.8 Å². The quantitative estimate of drug-likeness (QED) is 0.579. The predicted molar refractivity (Wildman–Crippen MR) is 98.8 cm³/mol. The number of hydrogen-bond donors (Lipinski definition) is 0. The van der Waals surface area contributed by atoms with Crippen molar-refractivity contribution in [2.24, 2.45) is 5.41 Å². The van der Waals surface area contributed by atoms with E-state index in [4.69, 9.17) is 9.59 Å². The maximum absolute atomic E-state index is 13.7. The Bertz CT molecular complexity index is 899. The zero-order valence-corrected chi connectivity index (χ0v) is 17.4. The first-order chi connectivity index (χ1) is 13.8. The highest BCUT2D eigenvalue weighted by Gasteiger charge is 2.47. The number of hydrogen-bond acceptors (Lipinski definition) is 4. The highest BCUT2D eigenvalue weighted by Crippen LogP contribution is 2.41. The van der Waals surface area contributed by atoms with E-state index in [1.165, 1.54) is 6.20 Å². The van der Waals surface area contributed by atoms with E-state index in [-0.39, 0.29) is 23.0 Å². The van der Waals surface area contributed by atoms with E-state index in [1.54, 1.807) is 4.68 Å². The minimum atomic E-state index is -4.45. The molecule has 0 unspecified atom stereocenters. The van der Waals surface area contributed by atoms with Gasteiger partial charge in [-0.1, -0.05) is 20.8 Å². The highest BCUT2D eigenvalue weighted by atomic mass is 19.4. The third-order valence-electron chi connectivity index (χ3n) is 4.80. The number of aromatic nitrogens is 3. The van der Waals surface area contributed by atoms with Crippen molar-refractivity contribution in [2.75, 3.05) is 0 Å². The molecular formula is C20H24F5N3O2. The normalized spacial score (nSPS) is 11.8. The van der Waals surface area contributed by atoms with Gasteiger partial charge in [0.05, 0.1) is 16.8 Å². The topological polar surface area (TPSA) is 64.8 Å². The summed E-state index contributed by atoms with van der Waals surface area (Å²) in [6, 6.07) is 1.09. The van der Waals surface area contributed by atoms with Crippen LogP contribution in [0.2, 0.25) is 0 Å². The molecule has 0 aliphatic rings. The number of pyridine rings is 1. The lowest BCUT2D eigenvalue weighted by molar-refractivity contribution is -0.211. The minimum Gasteiger partial charge on any atom is -0.265 e. The third kappa shape index (κ3) is 5.50. The molecule has 30 heavy (non-hydrogen) atoms. The van der Waals surface area contributed by atoms with Crippen molar-refractivity contribution in [3.05, 3.63) is 34.8 Å². The number of rotatable bonds is 6. The van der Waals surface area contributed by atoms with E-state index in [0.29, 0.717) is 18.7 Å². The molecule has 0 fully saturated rings. The third-order valence-corrected chi connectivity index (χ3v) is 4.80. The highest BCUT2D eigenvalue weighted by molar-refractivity contribution is 5.68. The zero-order chi connectivity index (χ0) is 23.3. The molecular weight excluding hydrogens is 409 g/mol. The molecule has 0 bridgehead atoms. The van der Waals surface area contributed by atoms with Crippen LogP contribution in [0.25, 0.3) is 11.3 Å². The van der Waals surface area contributed by atoms with Gasteiger partial charge in [-0.05, 0) is 31.9 Å². The van der Waals surface area contributed by atoms with Gasteiger partial charge in [-0.3, -0.25) is 9.67 Å². The summed E-state index contributed by atoms with van der Waals surface area (Å²) in [5.41, 5.74) is -0.0486. The van der Waals surface area contributed by atoms with Crippen molar-refractivity contribution in [2.45, 2.75) is 66.6 Å². The molecule has 0 spiro atoms. The molecule has 2 aromatic heterocycles. The van der Waals surface area contributed by atoms with Gasteiger partial charge >= 0.3 is 12.3 Å². The fraction of sp³-hybridized carbons (Fsp3) is 0.550. The minimum absolute atomic E-state index is 0.00712. The van der Waals surface area contributed by atoms with Crippen LogP contribution in [0.3, 0.4) is 0 Å². The van der Waals surface area contributed by atoms with Gasteiger partial charge in [-0.2, -0.15) is 27.9 Å². The molecule has 0 amide bonds. The average Bonchev–Trinajstić information content (AvgIpc) is 2.96. The second-order valence-electron chi connectivity index (χ2n) is 7.29. The van der Waals surface area contributed by atoms with Gasteiger partial charge in [-0.25, -0.2) is 8.78 Å². The summed E-state index contributed by atoms with van der Waals surface area (Å²) in [6.45, 7) is 8.15. The van der Waals surface area contributed by atoms with Gasteiger partial charge in [0.15, 0.2) is 0 Å². The number of aryl methyl sites for hydroxylation is 2. The Morgan fingerprint density at radius 2 is 1.73 bits per heavy atom. The number of nitrogens with zero attached hydrogens (tertiary/aromatic N) is 3. The van der Waals surface area contributed by atoms with E-state index in [1.807, 2.05) is 20.8 Å². The summed E-state index contributed by atoms with van der Waals surface area (Å²) in [6.07, 6.45) is -5.60. The SMILES string of the molecule is CCc1nn(CC)c(-c2cnc(CC(C)(C)C(F)(F)F)cc2C(F)F)c1C.O=C=O. The number of alkyl halides is 5. The van der Waals surface area contributed by atoms with Crippen LogP contribution in [0.5, 0.6) is 0 Å². The lowest BCUT2D eigenvalue weighted by Crippen LogP contribution is -2.34. The van der Waals surface area contributed by atoms with E-state index in [9.17, 15) is 22.0 Å². The molecule has 0 aromatic carbocycles. The van der Waals surface area contributed by atoms with Crippen LogP contribution < -0.4 is 0 Å². The van der Waals surface area contributed by atoms with Crippen LogP contribution in [-0.4, -0.2) is 27.1 Å². The maximum Gasteiger partial charge on any atom is 0.394 e. The van der Waals surface area contributed by atoms with Crippen molar-refractivity contribution < 1.29 is 31.5 Å². The molecule has 2 rings (SSSR count). The Hall–Kier alpha value is -2.61. The summed E-state index contributed by atoms with van der Waals surface area (Å²) in [7, 11) is 0. The largest absolute Gasteiger partial charge is 0.394 e. The van der Waals surface area contributed by atoms with Crippen molar-refractivity contribution in [3.8, 4) is 11.3 Å². The van der Waals surface area contributed by atoms with Crippen LogP contribution in [0.1, 0.15) is 56.6 Å². The van der Waals surface area contributed by atoms with Crippen LogP contribution in [0.15, 0.2) is 12.3 Å². The lowest BCUT2D eigenvalue weighted by Gasteiger charge is -2.27. The molecule has 0 aliphatic carbocycles. The number of halogens is 5. The molecule has 2 aromatic rings. The zero-order valence-electron chi connectivity index (χ0n) is 17.4. The van der Waals surface area contributed by atoms with E-state index in [2.05, 4.69) is 10.1 Å². The standard InChI is InChI=1S/C19H24F5N3.CO2/c1-6-15-11(3)16(27(7-2)26-15)14-10-25-12(8-13(14)17(20)21)9-18(4,5)19(22,23)24;2-1-3/h8,10,17H,6-7,9H2,1-5H3;. The Labute approximate surface area is 171 Å². The first-order valence-corrected chi connectivity index (χ1v) is 9.24. The van der Waals surface area contributed by atoms with Crippen LogP contribution in [0.4, 0.5) is 22.0 Å². The van der Waals surface area contributed by atoms with Gasteiger partial charge in [0, 0.05) is 36.0 Å². The Kier molecular flexibility index (Phi) is 8.42.